The highest BCUT2D eigenvalue weighted by Crippen LogP contribution is 2.22. The fourth-order valence-electron chi connectivity index (χ4n) is 1.97. The van der Waals surface area contributed by atoms with Crippen molar-refractivity contribution in [2.24, 2.45) is 0 Å². The second-order valence-corrected chi connectivity index (χ2v) is 5.36. The van der Waals surface area contributed by atoms with Crippen molar-refractivity contribution in [3.8, 4) is 22.8 Å². The van der Waals surface area contributed by atoms with E-state index in [4.69, 9.17) is 5.48 Å². The van der Waals surface area contributed by atoms with Crippen LogP contribution in [0.25, 0.3) is 22.8 Å². The van der Waals surface area contributed by atoms with Gasteiger partial charge < -0.3 is 0 Å². The summed E-state index contributed by atoms with van der Waals surface area (Å²) in [5, 5.41) is 0. The van der Waals surface area contributed by atoms with Crippen molar-refractivity contribution >= 4 is 0 Å². The van der Waals surface area contributed by atoms with Crippen LogP contribution in [0.15, 0.2) is 54.5 Å². The Morgan fingerprint density at radius 2 is 1.41 bits per heavy atom. The molecule has 1 heterocycles. The molecule has 3 heteroatoms. The number of hydrogen-bond donors (Lipinski definition) is 0. The SMILES string of the molecule is [2H]c1c([2H])c(-c2nc(-c3ccccc3)nc(C(C)C)n2)c([2H])c([2H])c1C. The molecule has 2 aromatic carbocycles. The number of aromatic nitrogens is 3. The van der Waals surface area contributed by atoms with E-state index < -0.39 is 0 Å². The van der Waals surface area contributed by atoms with Crippen LogP contribution in [0.3, 0.4) is 0 Å². The second kappa shape index (κ2) is 6.06. The number of nitrogens with zero attached hydrogens (tertiary/aromatic N) is 3. The first-order chi connectivity index (χ1) is 12.3. The van der Waals surface area contributed by atoms with Crippen LogP contribution in [0.4, 0.5) is 0 Å². The molecule has 3 aromatic rings. The summed E-state index contributed by atoms with van der Waals surface area (Å²) >= 11 is 0. The summed E-state index contributed by atoms with van der Waals surface area (Å²) in [5.74, 6) is 1.20. The largest absolute Gasteiger partial charge is 0.213 e. The minimum Gasteiger partial charge on any atom is -0.213 e. The lowest BCUT2D eigenvalue weighted by atomic mass is 10.1. The molecule has 3 nitrogen and oxygen atoms in total. The molecule has 0 aliphatic heterocycles. The van der Waals surface area contributed by atoms with E-state index in [1.807, 2.05) is 44.2 Å². The van der Waals surface area contributed by atoms with Gasteiger partial charge in [-0.3, -0.25) is 0 Å². The lowest BCUT2D eigenvalue weighted by Crippen LogP contribution is -2.04. The van der Waals surface area contributed by atoms with Crippen LogP contribution in [0.5, 0.6) is 0 Å². The van der Waals surface area contributed by atoms with Crippen LogP contribution in [0.2, 0.25) is 0 Å². The Balaban J connectivity index is 2.32. The monoisotopic (exact) mass is 293 g/mol. The maximum atomic E-state index is 8.27. The van der Waals surface area contributed by atoms with E-state index >= 15 is 0 Å². The van der Waals surface area contributed by atoms with Crippen molar-refractivity contribution in [3.05, 3.63) is 65.9 Å². The summed E-state index contributed by atoms with van der Waals surface area (Å²) in [6.45, 7) is 5.49. The molecule has 0 fully saturated rings. The summed E-state index contributed by atoms with van der Waals surface area (Å²) in [6.07, 6.45) is 0. The third-order valence-corrected chi connectivity index (χ3v) is 3.17. The third kappa shape index (κ3) is 3.03. The Bertz CT molecular complexity index is 943. The van der Waals surface area contributed by atoms with Crippen LogP contribution in [-0.2, 0) is 0 Å². The maximum absolute atomic E-state index is 8.27. The van der Waals surface area contributed by atoms with Gasteiger partial charge in [0.15, 0.2) is 11.6 Å². The Morgan fingerprint density at radius 1 is 0.818 bits per heavy atom. The normalized spacial score (nSPS) is 13.5. The standard InChI is InChI=1S/C19H19N3/c1-13(2)17-20-18(15-7-5-4-6-8-15)22-19(21-17)16-11-9-14(3)10-12-16/h4-13H,1-3H3/i9D,10D,11D,12D. The Morgan fingerprint density at radius 3 is 2.00 bits per heavy atom. The number of benzene rings is 2. The molecule has 0 saturated carbocycles. The van der Waals surface area contributed by atoms with E-state index in [-0.39, 0.29) is 41.5 Å². The molecule has 22 heavy (non-hydrogen) atoms. The van der Waals surface area contributed by atoms with Gasteiger partial charge >= 0.3 is 0 Å². The molecule has 0 radical (unpaired) electrons. The fraction of sp³-hybridized carbons (Fsp3) is 0.211. The average Bonchev–Trinajstić information content (AvgIpc) is 2.65. The van der Waals surface area contributed by atoms with E-state index in [9.17, 15) is 0 Å². The molecule has 0 amide bonds. The number of rotatable bonds is 3. The van der Waals surface area contributed by atoms with Gasteiger partial charge in [0, 0.05) is 17.0 Å². The Labute approximate surface area is 136 Å². The van der Waals surface area contributed by atoms with Gasteiger partial charge in [0.25, 0.3) is 0 Å². The van der Waals surface area contributed by atoms with Crippen molar-refractivity contribution in [2.45, 2.75) is 26.7 Å². The second-order valence-electron chi connectivity index (χ2n) is 5.36. The molecule has 0 aliphatic rings. The van der Waals surface area contributed by atoms with E-state index in [0.717, 1.165) is 5.56 Å². The van der Waals surface area contributed by atoms with E-state index in [0.29, 0.717) is 17.2 Å². The van der Waals surface area contributed by atoms with Gasteiger partial charge in [0.1, 0.15) is 5.82 Å². The quantitative estimate of drug-likeness (QED) is 0.706. The average molecular weight is 293 g/mol. The first-order valence-corrected chi connectivity index (χ1v) is 7.20. The zero-order chi connectivity index (χ0) is 19.0. The van der Waals surface area contributed by atoms with Gasteiger partial charge in [-0.25, -0.2) is 15.0 Å². The predicted octanol–water partition coefficient (Wildman–Crippen LogP) is 4.64. The van der Waals surface area contributed by atoms with Crippen molar-refractivity contribution in [3.63, 3.8) is 0 Å². The molecule has 1 aromatic heterocycles. The van der Waals surface area contributed by atoms with Crippen LogP contribution in [-0.4, -0.2) is 15.0 Å². The molecule has 110 valence electrons. The van der Waals surface area contributed by atoms with Gasteiger partial charge in [-0.2, -0.15) is 0 Å². The highest BCUT2D eigenvalue weighted by molar-refractivity contribution is 5.61. The molecule has 0 N–H and O–H groups in total. The van der Waals surface area contributed by atoms with Crippen LogP contribution >= 0.6 is 0 Å². The molecule has 0 aliphatic carbocycles. The fourth-order valence-corrected chi connectivity index (χ4v) is 1.97. The highest BCUT2D eigenvalue weighted by Gasteiger charge is 2.12. The van der Waals surface area contributed by atoms with Gasteiger partial charge in [-0.15, -0.1) is 0 Å². The molecule has 0 unspecified atom stereocenters. The summed E-state index contributed by atoms with van der Waals surface area (Å²) in [7, 11) is 0. The molecule has 0 spiro atoms. The van der Waals surface area contributed by atoms with Gasteiger partial charge in [-0.1, -0.05) is 73.9 Å². The van der Waals surface area contributed by atoms with Crippen LogP contribution < -0.4 is 0 Å². The maximum Gasteiger partial charge on any atom is 0.163 e. The molecule has 3 rings (SSSR count). The van der Waals surface area contributed by atoms with E-state index in [1.54, 1.807) is 6.92 Å². The van der Waals surface area contributed by atoms with Crippen molar-refractivity contribution in [1.29, 1.82) is 0 Å². The topological polar surface area (TPSA) is 38.7 Å². The summed E-state index contributed by atoms with van der Waals surface area (Å²) in [6, 6.07) is 9.01. The molecular weight excluding hydrogens is 270 g/mol. The lowest BCUT2D eigenvalue weighted by Gasteiger charge is -2.10. The summed E-state index contributed by atoms with van der Waals surface area (Å²) in [4.78, 5) is 13.4. The van der Waals surface area contributed by atoms with Gasteiger partial charge in [0.2, 0.25) is 0 Å². The first-order valence-electron chi connectivity index (χ1n) is 9.20. The van der Waals surface area contributed by atoms with E-state index in [2.05, 4.69) is 15.0 Å². The van der Waals surface area contributed by atoms with Crippen molar-refractivity contribution in [2.75, 3.05) is 0 Å². The van der Waals surface area contributed by atoms with Gasteiger partial charge in [0.05, 0.1) is 5.48 Å². The Hall–Kier alpha value is -2.55. The van der Waals surface area contributed by atoms with Crippen molar-refractivity contribution in [1.82, 2.24) is 15.0 Å². The highest BCUT2D eigenvalue weighted by atomic mass is 15.0. The summed E-state index contributed by atoms with van der Waals surface area (Å²) in [5.41, 5.74) is 1.22. The van der Waals surface area contributed by atoms with Crippen LogP contribution in [0, 0.1) is 6.92 Å². The molecular formula is C19H19N3. The van der Waals surface area contributed by atoms with Crippen molar-refractivity contribution < 1.29 is 5.48 Å². The third-order valence-electron chi connectivity index (χ3n) is 3.17. The molecule has 0 atom stereocenters. The Kier molecular flexibility index (Phi) is 2.82. The zero-order valence-corrected chi connectivity index (χ0v) is 12.8. The lowest BCUT2D eigenvalue weighted by molar-refractivity contribution is 0.766. The molecule has 0 saturated heterocycles. The van der Waals surface area contributed by atoms with E-state index in [1.165, 1.54) is 0 Å². The minimum absolute atomic E-state index is 0.0268. The molecule has 0 bridgehead atoms. The predicted molar refractivity (Wildman–Crippen MR) is 89.5 cm³/mol. The number of hydrogen-bond acceptors (Lipinski definition) is 3. The van der Waals surface area contributed by atoms with Gasteiger partial charge in [-0.05, 0) is 6.92 Å². The minimum atomic E-state index is -0.136. The first kappa shape index (κ1) is 10.2. The smallest absolute Gasteiger partial charge is 0.163 e. The zero-order valence-electron chi connectivity index (χ0n) is 16.8. The summed E-state index contributed by atoms with van der Waals surface area (Å²) < 4.78 is 32.7. The van der Waals surface area contributed by atoms with Crippen LogP contribution in [0.1, 0.15) is 36.6 Å².